The van der Waals surface area contributed by atoms with Crippen molar-refractivity contribution in [2.75, 3.05) is 13.1 Å². The normalized spacial score (nSPS) is 32.2. The summed E-state index contributed by atoms with van der Waals surface area (Å²) < 4.78 is 37.2. The van der Waals surface area contributed by atoms with Gasteiger partial charge in [0.2, 0.25) is 0 Å². The van der Waals surface area contributed by atoms with E-state index in [2.05, 4.69) is 0 Å². The number of carbonyl (C=O) groups is 2. The number of carboxylic acid groups (broad SMARTS) is 1. The van der Waals surface area contributed by atoms with Gasteiger partial charge in [-0.05, 0) is 25.2 Å². The number of piperidine rings is 1. The van der Waals surface area contributed by atoms with Crippen molar-refractivity contribution < 1.29 is 27.9 Å². The van der Waals surface area contributed by atoms with Gasteiger partial charge in [-0.2, -0.15) is 13.2 Å². The Morgan fingerprint density at radius 2 is 2.00 bits per heavy atom. The summed E-state index contributed by atoms with van der Waals surface area (Å²) in [6.45, 7) is -0.301. The number of fused-ring (bicyclic) bond motifs is 2. The lowest BCUT2D eigenvalue weighted by Gasteiger charge is -2.47. The van der Waals surface area contributed by atoms with Gasteiger partial charge < -0.3 is 10.0 Å². The molecule has 1 saturated carbocycles. The van der Waals surface area contributed by atoms with Crippen LogP contribution in [-0.2, 0) is 9.59 Å². The highest BCUT2D eigenvalue weighted by molar-refractivity contribution is 5.83. The number of hydrogen-bond acceptors (Lipinski definition) is 2. The Morgan fingerprint density at radius 1 is 1.33 bits per heavy atom. The van der Waals surface area contributed by atoms with Gasteiger partial charge in [-0.1, -0.05) is 6.42 Å². The predicted molar refractivity (Wildman–Crippen MR) is 54.7 cm³/mol. The molecule has 2 fully saturated rings. The first-order valence-corrected chi connectivity index (χ1v) is 5.84. The smallest absolute Gasteiger partial charge is 0.471 e. The first kappa shape index (κ1) is 13.2. The Morgan fingerprint density at radius 3 is 2.56 bits per heavy atom. The zero-order valence-electron chi connectivity index (χ0n) is 9.66. The van der Waals surface area contributed by atoms with Crippen LogP contribution in [-0.4, -0.2) is 41.1 Å². The molecule has 2 rings (SSSR count). The highest BCUT2D eigenvalue weighted by atomic mass is 19.4. The summed E-state index contributed by atoms with van der Waals surface area (Å²) in [5.41, 5.74) is -1.18. The third-order valence-electron chi connectivity index (χ3n) is 3.90. The minimum atomic E-state index is -4.93. The van der Waals surface area contributed by atoms with Crippen LogP contribution >= 0.6 is 0 Å². The molecule has 2 unspecified atom stereocenters. The highest BCUT2D eigenvalue weighted by Crippen LogP contribution is 2.44. The summed E-state index contributed by atoms with van der Waals surface area (Å²) in [5, 5.41) is 9.22. The van der Waals surface area contributed by atoms with Crippen LogP contribution in [0.3, 0.4) is 0 Å². The Kier molecular flexibility index (Phi) is 3.03. The number of amides is 1. The summed E-state index contributed by atoms with van der Waals surface area (Å²) in [4.78, 5) is 23.2. The maximum atomic E-state index is 12.4. The van der Waals surface area contributed by atoms with Gasteiger partial charge in [0.15, 0.2) is 0 Å². The van der Waals surface area contributed by atoms with Crippen molar-refractivity contribution in [3.05, 3.63) is 0 Å². The third-order valence-corrected chi connectivity index (χ3v) is 3.90. The summed E-state index contributed by atoms with van der Waals surface area (Å²) in [6, 6.07) is 0. The van der Waals surface area contributed by atoms with E-state index in [0.29, 0.717) is 30.6 Å². The fourth-order valence-corrected chi connectivity index (χ4v) is 3.12. The molecule has 1 saturated heterocycles. The van der Waals surface area contributed by atoms with Gasteiger partial charge in [0.05, 0.1) is 5.41 Å². The number of nitrogens with zero attached hydrogens (tertiary/aromatic N) is 1. The SMILES string of the molecule is O=C(N1CC2CCCC(C(=O)O)(C2)C1)C(F)(F)F. The molecule has 1 aliphatic heterocycles. The van der Waals surface area contributed by atoms with Crippen molar-refractivity contribution >= 4 is 11.9 Å². The van der Waals surface area contributed by atoms with Crippen molar-refractivity contribution in [1.29, 1.82) is 0 Å². The fourth-order valence-electron chi connectivity index (χ4n) is 3.12. The van der Waals surface area contributed by atoms with E-state index in [1.807, 2.05) is 0 Å². The molecule has 1 heterocycles. The van der Waals surface area contributed by atoms with Crippen molar-refractivity contribution in [1.82, 2.24) is 4.90 Å². The average Bonchev–Trinajstić information content (AvgIpc) is 2.26. The molecule has 1 aliphatic carbocycles. The number of rotatable bonds is 1. The Balaban J connectivity index is 2.22. The zero-order chi connectivity index (χ0) is 13.6. The largest absolute Gasteiger partial charge is 0.481 e. The van der Waals surface area contributed by atoms with Crippen LogP contribution in [0.2, 0.25) is 0 Å². The van der Waals surface area contributed by atoms with Gasteiger partial charge in [-0.25, -0.2) is 0 Å². The first-order valence-electron chi connectivity index (χ1n) is 5.84. The van der Waals surface area contributed by atoms with Crippen LogP contribution in [0.15, 0.2) is 0 Å². The lowest BCUT2D eigenvalue weighted by atomic mass is 9.66. The number of likely N-dealkylation sites (tertiary alicyclic amines) is 1. The predicted octanol–water partition coefficient (Wildman–Crippen LogP) is 1.65. The number of carbonyl (C=O) groups excluding carboxylic acids is 1. The summed E-state index contributed by atoms with van der Waals surface area (Å²) >= 11 is 0. The molecular weight excluding hydrogens is 251 g/mol. The summed E-state index contributed by atoms with van der Waals surface area (Å²) in [5.74, 6) is -3.14. The summed E-state index contributed by atoms with van der Waals surface area (Å²) in [6.07, 6.45) is -2.81. The number of carboxylic acids is 1. The van der Waals surface area contributed by atoms with E-state index in [1.54, 1.807) is 0 Å². The number of aliphatic carboxylic acids is 1. The van der Waals surface area contributed by atoms with Crippen molar-refractivity contribution in [2.45, 2.75) is 31.9 Å². The lowest BCUT2D eigenvalue weighted by Crippen LogP contribution is -2.57. The average molecular weight is 265 g/mol. The van der Waals surface area contributed by atoms with Gasteiger partial charge in [0, 0.05) is 13.1 Å². The number of halogens is 3. The Bertz CT molecular complexity index is 382. The third kappa shape index (κ3) is 2.18. The van der Waals surface area contributed by atoms with E-state index in [4.69, 9.17) is 0 Å². The molecular formula is C11H14F3NO3. The molecule has 2 atom stereocenters. The topological polar surface area (TPSA) is 57.6 Å². The van der Waals surface area contributed by atoms with Crippen LogP contribution in [0.5, 0.6) is 0 Å². The van der Waals surface area contributed by atoms with Crippen molar-refractivity contribution in [3.63, 3.8) is 0 Å². The van der Waals surface area contributed by atoms with Crippen LogP contribution in [0.25, 0.3) is 0 Å². The van der Waals surface area contributed by atoms with Crippen LogP contribution in [0.1, 0.15) is 25.7 Å². The number of alkyl halides is 3. The quantitative estimate of drug-likeness (QED) is 0.784. The molecule has 2 aliphatic rings. The standard InChI is InChI=1S/C11H14F3NO3/c12-11(13,14)8(16)15-5-7-2-1-3-10(4-7,6-15)9(17)18/h7H,1-6H2,(H,17,18). The molecule has 0 aromatic heterocycles. The Hall–Kier alpha value is -1.27. The molecule has 1 amide bonds. The first-order chi connectivity index (χ1) is 8.24. The molecule has 1 N–H and O–H groups in total. The molecule has 0 aromatic carbocycles. The van der Waals surface area contributed by atoms with Crippen LogP contribution < -0.4 is 0 Å². The zero-order valence-corrected chi connectivity index (χ0v) is 9.66. The molecule has 0 radical (unpaired) electrons. The minimum Gasteiger partial charge on any atom is -0.481 e. The van der Waals surface area contributed by atoms with Gasteiger partial charge in [0.25, 0.3) is 0 Å². The maximum Gasteiger partial charge on any atom is 0.471 e. The van der Waals surface area contributed by atoms with E-state index < -0.39 is 23.5 Å². The van der Waals surface area contributed by atoms with Gasteiger partial charge in [0.1, 0.15) is 0 Å². The van der Waals surface area contributed by atoms with E-state index in [9.17, 15) is 27.9 Å². The summed E-state index contributed by atoms with van der Waals surface area (Å²) in [7, 11) is 0. The van der Waals surface area contributed by atoms with Crippen LogP contribution in [0.4, 0.5) is 13.2 Å². The number of hydrogen-bond donors (Lipinski definition) is 1. The lowest BCUT2D eigenvalue weighted by molar-refractivity contribution is -0.193. The van der Waals surface area contributed by atoms with E-state index in [0.717, 1.165) is 0 Å². The van der Waals surface area contributed by atoms with Gasteiger partial charge in [-0.15, -0.1) is 0 Å². The van der Waals surface area contributed by atoms with Gasteiger partial charge >= 0.3 is 18.1 Å². The van der Waals surface area contributed by atoms with Gasteiger partial charge in [-0.3, -0.25) is 9.59 Å². The molecule has 4 nitrogen and oxygen atoms in total. The second-order valence-electron chi connectivity index (χ2n) is 5.23. The second kappa shape index (κ2) is 4.13. The molecule has 7 heteroatoms. The second-order valence-corrected chi connectivity index (χ2v) is 5.23. The molecule has 102 valence electrons. The Labute approximate surface area is 102 Å². The fraction of sp³-hybridized carbons (Fsp3) is 0.818. The van der Waals surface area contributed by atoms with Crippen molar-refractivity contribution in [2.24, 2.45) is 11.3 Å². The van der Waals surface area contributed by atoms with Crippen LogP contribution in [0, 0.1) is 11.3 Å². The monoisotopic (exact) mass is 265 g/mol. The van der Waals surface area contributed by atoms with E-state index in [1.165, 1.54) is 0 Å². The highest BCUT2D eigenvalue weighted by Gasteiger charge is 2.52. The molecule has 0 aromatic rings. The molecule has 2 bridgehead atoms. The minimum absolute atomic E-state index is 0.0212. The maximum absolute atomic E-state index is 12.4. The molecule has 18 heavy (non-hydrogen) atoms. The van der Waals surface area contributed by atoms with E-state index in [-0.39, 0.29) is 19.0 Å². The van der Waals surface area contributed by atoms with E-state index >= 15 is 0 Å². The molecule has 0 spiro atoms. The van der Waals surface area contributed by atoms with Crippen molar-refractivity contribution in [3.8, 4) is 0 Å².